The van der Waals surface area contributed by atoms with Crippen LogP contribution in [0.2, 0.25) is 5.02 Å². The molecular weight excluding hydrogens is 388 g/mol. The number of unbranched alkanes of at least 4 members (excludes halogenated alkanes) is 1. The van der Waals surface area contributed by atoms with E-state index in [1.807, 2.05) is 44.2 Å². The molecule has 156 valence electrons. The highest BCUT2D eigenvalue weighted by Gasteiger charge is 2.27. The molecule has 1 aromatic heterocycles. The summed E-state index contributed by atoms with van der Waals surface area (Å²) in [6.07, 6.45) is 4.91. The minimum atomic E-state index is -0.290. The molecule has 0 spiro atoms. The van der Waals surface area contributed by atoms with Gasteiger partial charge in [0.15, 0.2) is 0 Å². The molecule has 1 saturated carbocycles. The van der Waals surface area contributed by atoms with Crippen LogP contribution in [0.3, 0.4) is 0 Å². The fraction of sp³-hybridized carbons (Fsp3) is 0.478. The van der Waals surface area contributed by atoms with Crippen LogP contribution in [0.15, 0.2) is 35.1 Å². The summed E-state index contributed by atoms with van der Waals surface area (Å²) in [5.41, 5.74) is 8.02. The first kappa shape index (κ1) is 21.4. The van der Waals surface area contributed by atoms with Crippen molar-refractivity contribution in [1.29, 1.82) is 0 Å². The van der Waals surface area contributed by atoms with Crippen molar-refractivity contribution in [2.75, 3.05) is 0 Å². The number of benzene rings is 1. The number of hydrogen-bond acceptors (Lipinski definition) is 3. The van der Waals surface area contributed by atoms with Gasteiger partial charge in [0, 0.05) is 23.6 Å². The van der Waals surface area contributed by atoms with E-state index in [4.69, 9.17) is 22.1 Å². The van der Waals surface area contributed by atoms with Gasteiger partial charge < -0.3 is 15.5 Å². The van der Waals surface area contributed by atoms with Crippen molar-refractivity contribution in [2.45, 2.75) is 70.3 Å². The first-order chi connectivity index (χ1) is 13.8. The molecule has 0 aliphatic heterocycles. The Morgan fingerprint density at radius 1 is 1.24 bits per heavy atom. The van der Waals surface area contributed by atoms with Crippen LogP contribution in [-0.4, -0.2) is 17.0 Å². The highest BCUT2D eigenvalue weighted by atomic mass is 35.5. The van der Waals surface area contributed by atoms with Gasteiger partial charge in [-0.1, -0.05) is 30.2 Å². The fourth-order valence-corrected chi connectivity index (χ4v) is 3.89. The molecule has 1 heterocycles. The summed E-state index contributed by atoms with van der Waals surface area (Å²) in [4.78, 5) is 26.7. The Labute approximate surface area is 176 Å². The molecule has 1 aromatic carbocycles. The molecule has 0 bridgehead atoms. The number of nitrogens with two attached hydrogens (primary N) is 1. The van der Waals surface area contributed by atoms with Crippen molar-refractivity contribution in [3.8, 4) is 5.75 Å². The van der Waals surface area contributed by atoms with E-state index >= 15 is 0 Å². The lowest BCUT2D eigenvalue weighted by atomic mass is 9.89. The highest BCUT2D eigenvalue weighted by Crippen LogP contribution is 2.39. The molecule has 1 aliphatic carbocycles. The molecule has 6 heteroatoms. The number of rotatable bonds is 10. The second-order valence-corrected chi connectivity index (χ2v) is 8.50. The predicted molar refractivity (Wildman–Crippen MR) is 116 cm³/mol. The Morgan fingerprint density at radius 3 is 2.59 bits per heavy atom. The van der Waals surface area contributed by atoms with Gasteiger partial charge in [-0.2, -0.15) is 0 Å². The number of ether oxygens (including phenoxy) is 1. The second kappa shape index (κ2) is 9.49. The Kier molecular flexibility index (Phi) is 7.01. The summed E-state index contributed by atoms with van der Waals surface area (Å²) in [6.45, 7) is 3.91. The van der Waals surface area contributed by atoms with Gasteiger partial charge in [0.1, 0.15) is 5.75 Å². The van der Waals surface area contributed by atoms with Gasteiger partial charge in [0.2, 0.25) is 5.91 Å². The average molecular weight is 417 g/mol. The van der Waals surface area contributed by atoms with Crippen molar-refractivity contribution in [3.05, 3.63) is 62.5 Å². The van der Waals surface area contributed by atoms with E-state index in [1.54, 1.807) is 0 Å². The third-order valence-electron chi connectivity index (χ3n) is 5.24. The van der Waals surface area contributed by atoms with Gasteiger partial charge in [-0.15, -0.1) is 0 Å². The number of pyridine rings is 1. The smallest absolute Gasteiger partial charge is 0.251 e. The Bertz CT molecular complexity index is 919. The van der Waals surface area contributed by atoms with E-state index in [0.717, 1.165) is 48.9 Å². The maximum Gasteiger partial charge on any atom is 0.251 e. The highest BCUT2D eigenvalue weighted by molar-refractivity contribution is 6.32. The number of carbonyl (C=O) groups is 1. The van der Waals surface area contributed by atoms with Gasteiger partial charge in [-0.25, -0.2) is 0 Å². The molecule has 1 fully saturated rings. The summed E-state index contributed by atoms with van der Waals surface area (Å²) in [6, 6.07) is 9.76. The van der Waals surface area contributed by atoms with Crippen LogP contribution in [0.4, 0.5) is 0 Å². The monoisotopic (exact) mass is 416 g/mol. The maximum absolute atomic E-state index is 12.6. The van der Waals surface area contributed by atoms with Gasteiger partial charge in [-0.3, -0.25) is 9.59 Å². The molecule has 5 nitrogen and oxygen atoms in total. The van der Waals surface area contributed by atoms with Crippen LogP contribution in [0.1, 0.15) is 81.0 Å². The number of halogens is 1. The zero-order valence-electron chi connectivity index (χ0n) is 17.0. The average Bonchev–Trinajstić information content (AvgIpc) is 3.48. The van der Waals surface area contributed by atoms with Crippen molar-refractivity contribution in [2.24, 2.45) is 5.73 Å². The molecule has 1 unspecified atom stereocenters. The molecule has 2 aromatic rings. The molecular formula is C23H29ClN2O3. The van der Waals surface area contributed by atoms with Crippen LogP contribution in [0.25, 0.3) is 0 Å². The van der Waals surface area contributed by atoms with E-state index in [9.17, 15) is 9.59 Å². The molecule has 3 N–H and O–H groups in total. The molecule has 0 saturated heterocycles. The minimum absolute atomic E-state index is 0.00186. The predicted octanol–water partition coefficient (Wildman–Crippen LogP) is 4.87. The Morgan fingerprint density at radius 2 is 2.00 bits per heavy atom. The van der Waals surface area contributed by atoms with E-state index in [2.05, 4.69) is 4.98 Å². The zero-order valence-corrected chi connectivity index (χ0v) is 17.8. The van der Waals surface area contributed by atoms with Crippen LogP contribution in [0.5, 0.6) is 5.75 Å². The third-order valence-corrected chi connectivity index (χ3v) is 5.54. The zero-order chi connectivity index (χ0) is 21.0. The van der Waals surface area contributed by atoms with Crippen LogP contribution >= 0.6 is 11.6 Å². The number of primary amides is 1. The summed E-state index contributed by atoms with van der Waals surface area (Å²) >= 11 is 6.46. The van der Waals surface area contributed by atoms with Gasteiger partial charge in [-0.05, 0) is 69.2 Å². The summed E-state index contributed by atoms with van der Waals surface area (Å²) in [7, 11) is 0. The standard InChI is InChI=1S/C23H29ClN2O3/c1-14(2)29-21-12-9-16(13-19(21)24)17(5-3-4-6-22(25)27)20-11-10-18(15-7-8-15)23(28)26-20/h9-15,17H,3-8H2,1-2H3,(H2,25,27)(H,26,28). The van der Waals surface area contributed by atoms with Gasteiger partial charge >= 0.3 is 0 Å². The second-order valence-electron chi connectivity index (χ2n) is 8.09. The summed E-state index contributed by atoms with van der Waals surface area (Å²) in [5.74, 6) is 0.746. The number of carbonyl (C=O) groups excluding carboxylic acids is 1. The van der Waals surface area contributed by atoms with E-state index in [1.165, 1.54) is 0 Å². The number of amides is 1. The Balaban J connectivity index is 1.86. The normalized spacial score (nSPS) is 14.8. The van der Waals surface area contributed by atoms with Crippen molar-refractivity contribution < 1.29 is 9.53 Å². The van der Waals surface area contributed by atoms with Gasteiger partial charge in [0.25, 0.3) is 5.56 Å². The molecule has 29 heavy (non-hydrogen) atoms. The topological polar surface area (TPSA) is 85.2 Å². The van der Waals surface area contributed by atoms with Crippen molar-refractivity contribution in [1.82, 2.24) is 4.98 Å². The van der Waals surface area contributed by atoms with E-state index in [-0.39, 0.29) is 23.5 Å². The number of H-pyrrole nitrogens is 1. The lowest BCUT2D eigenvalue weighted by Crippen LogP contribution is -2.16. The summed E-state index contributed by atoms with van der Waals surface area (Å²) < 4.78 is 5.74. The third kappa shape index (κ3) is 5.86. The van der Waals surface area contributed by atoms with E-state index < -0.39 is 0 Å². The van der Waals surface area contributed by atoms with Crippen molar-refractivity contribution >= 4 is 17.5 Å². The minimum Gasteiger partial charge on any atom is -0.489 e. The Hall–Kier alpha value is -2.27. The fourth-order valence-electron chi connectivity index (χ4n) is 3.65. The molecule has 1 aliphatic rings. The SMILES string of the molecule is CC(C)Oc1ccc(C(CCCCC(N)=O)c2ccc(C3CC3)c(=O)[nH]2)cc1Cl. The lowest BCUT2D eigenvalue weighted by molar-refractivity contribution is -0.118. The number of hydrogen-bond donors (Lipinski definition) is 2. The number of nitrogens with one attached hydrogen (secondary N) is 1. The molecule has 1 atom stereocenters. The van der Waals surface area contributed by atoms with Crippen LogP contribution in [-0.2, 0) is 4.79 Å². The first-order valence-electron chi connectivity index (χ1n) is 10.3. The first-order valence-corrected chi connectivity index (χ1v) is 10.7. The molecule has 1 amide bonds. The lowest BCUT2D eigenvalue weighted by Gasteiger charge is -2.20. The number of aromatic nitrogens is 1. The largest absolute Gasteiger partial charge is 0.489 e. The molecule has 3 rings (SSSR count). The van der Waals surface area contributed by atoms with Crippen molar-refractivity contribution in [3.63, 3.8) is 0 Å². The maximum atomic E-state index is 12.6. The van der Waals surface area contributed by atoms with Gasteiger partial charge in [0.05, 0.1) is 11.1 Å². The summed E-state index contributed by atoms with van der Waals surface area (Å²) in [5, 5.41) is 0.551. The van der Waals surface area contributed by atoms with Crippen LogP contribution in [0, 0.1) is 0 Å². The van der Waals surface area contributed by atoms with Crippen LogP contribution < -0.4 is 16.0 Å². The number of aromatic amines is 1. The quantitative estimate of drug-likeness (QED) is 0.542. The molecule has 0 radical (unpaired) electrons. The van der Waals surface area contributed by atoms with E-state index in [0.29, 0.717) is 23.1 Å².